The Bertz CT molecular complexity index is 1030. The Morgan fingerprint density at radius 3 is 2.50 bits per heavy atom. The summed E-state index contributed by atoms with van der Waals surface area (Å²) < 4.78 is 41.8. The quantitative estimate of drug-likeness (QED) is 0.751. The van der Waals surface area contributed by atoms with Gasteiger partial charge in [0, 0.05) is 25.5 Å². The number of likely N-dealkylation sites (tertiary alicyclic amines) is 1. The maximum absolute atomic E-state index is 13.4. The number of allylic oxidation sites excluding steroid dienone is 4. The first-order chi connectivity index (χ1) is 14.3. The van der Waals surface area contributed by atoms with E-state index >= 15 is 0 Å². The number of fused-ring (bicyclic) bond motifs is 2. The van der Waals surface area contributed by atoms with Gasteiger partial charge in [-0.15, -0.1) is 5.10 Å². The van der Waals surface area contributed by atoms with Gasteiger partial charge < -0.3 is 4.90 Å². The molecule has 0 N–H and O–H groups in total. The van der Waals surface area contributed by atoms with Crippen LogP contribution in [0.4, 0.5) is 13.2 Å². The molecule has 3 aliphatic rings. The molecule has 9 heteroatoms. The van der Waals surface area contributed by atoms with E-state index in [9.17, 15) is 18.0 Å². The second kappa shape index (κ2) is 6.92. The average molecular weight is 417 g/mol. The van der Waals surface area contributed by atoms with Crippen molar-refractivity contribution in [3.63, 3.8) is 0 Å². The molecule has 1 amide bonds. The molecule has 2 aromatic heterocycles. The summed E-state index contributed by atoms with van der Waals surface area (Å²) >= 11 is 0. The standard InChI is InChI=1S/C21H22F3N5O/c1-12-8-25-20-26-18(27-29(20)9-12)19(30)28-10-14-6-13(7-15(14)11-28)16-4-2-3-5-17(16)21(22,23)24/h2-5,8-9,13-17H,6-7,10-11H2,1H3/t13-,14-,15+,16?,17?. The molecule has 0 spiro atoms. The van der Waals surface area contributed by atoms with Gasteiger partial charge in [0.15, 0.2) is 0 Å². The molecule has 0 aromatic carbocycles. The lowest BCUT2D eigenvalue weighted by Crippen LogP contribution is -2.34. The van der Waals surface area contributed by atoms with Crippen LogP contribution < -0.4 is 0 Å². The van der Waals surface area contributed by atoms with Crippen LogP contribution in [0, 0.1) is 36.5 Å². The predicted molar refractivity (Wildman–Crippen MR) is 102 cm³/mol. The lowest BCUT2D eigenvalue weighted by Gasteiger charge is -2.31. The van der Waals surface area contributed by atoms with E-state index in [2.05, 4.69) is 15.1 Å². The molecule has 5 atom stereocenters. The van der Waals surface area contributed by atoms with Crippen molar-refractivity contribution in [3.8, 4) is 0 Å². The lowest BCUT2D eigenvalue weighted by atomic mass is 9.77. The molecule has 2 unspecified atom stereocenters. The minimum atomic E-state index is -4.23. The summed E-state index contributed by atoms with van der Waals surface area (Å²) in [7, 11) is 0. The van der Waals surface area contributed by atoms with Gasteiger partial charge >= 0.3 is 6.18 Å². The minimum absolute atomic E-state index is 0.00873. The van der Waals surface area contributed by atoms with Crippen LogP contribution in [0.25, 0.3) is 5.78 Å². The second-order valence-corrected chi connectivity index (χ2v) is 8.69. The van der Waals surface area contributed by atoms with Gasteiger partial charge in [-0.05, 0) is 49.0 Å². The van der Waals surface area contributed by atoms with Crippen LogP contribution in [-0.4, -0.2) is 49.7 Å². The molecule has 0 bridgehead atoms. The number of aromatic nitrogens is 4. The number of aryl methyl sites for hydroxylation is 1. The zero-order valence-electron chi connectivity index (χ0n) is 16.5. The first-order valence-electron chi connectivity index (χ1n) is 10.2. The smallest absolute Gasteiger partial charge is 0.335 e. The summed E-state index contributed by atoms with van der Waals surface area (Å²) in [6, 6.07) is 0. The highest BCUT2D eigenvalue weighted by Gasteiger charge is 2.50. The number of hydrogen-bond donors (Lipinski definition) is 0. The number of rotatable bonds is 2. The van der Waals surface area contributed by atoms with E-state index < -0.39 is 18.0 Å². The molecule has 3 heterocycles. The molecule has 158 valence electrons. The van der Waals surface area contributed by atoms with Crippen LogP contribution in [0.5, 0.6) is 0 Å². The van der Waals surface area contributed by atoms with E-state index in [1.807, 2.05) is 6.92 Å². The van der Waals surface area contributed by atoms with Gasteiger partial charge in [0.2, 0.25) is 5.82 Å². The van der Waals surface area contributed by atoms with Crippen molar-refractivity contribution in [2.45, 2.75) is 25.9 Å². The van der Waals surface area contributed by atoms with E-state index in [-0.39, 0.29) is 29.5 Å². The molecule has 1 aliphatic heterocycles. The van der Waals surface area contributed by atoms with Gasteiger partial charge in [-0.1, -0.05) is 24.3 Å². The molecular weight excluding hydrogens is 395 g/mol. The molecule has 2 aliphatic carbocycles. The first-order valence-corrected chi connectivity index (χ1v) is 10.2. The highest BCUT2D eigenvalue weighted by molar-refractivity contribution is 5.91. The predicted octanol–water partition coefficient (Wildman–Crippen LogP) is 3.45. The summed E-state index contributed by atoms with van der Waals surface area (Å²) in [5.41, 5.74) is 0.914. The normalized spacial score (nSPS) is 30.9. The Kier molecular flexibility index (Phi) is 4.44. The number of carbonyl (C=O) groups is 1. The zero-order valence-corrected chi connectivity index (χ0v) is 16.5. The fourth-order valence-electron chi connectivity index (χ4n) is 5.34. The van der Waals surface area contributed by atoms with Gasteiger partial charge in [-0.25, -0.2) is 9.50 Å². The van der Waals surface area contributed by atoms with Crippen LogP contribution in [0.3, 0.4) is 0 Å². The third kappa shape index (κ3) is 3.30. The van der Waals surface area contributed by atoms with Crippen molar-refractivity contribution in [2.24, 2.45) is 29.6 Å². The Balaban J connectivity index is 1.27. The Morgan fingerprint density at radius 1 is 1.10 bits per heavy atom. The van der Waals surface area contributed by atoms with Gasteiger partial charge in [-0.3, -0.25) is 4.79 Å². The molecule has 0 radical (unpaired) electrons. The van der Waals surface area contributed by atoms with E-state index in [0.717, 1.165) is 5.56 Å². The van der Waals surface area contributed by atoms with Crippen LogP contribution in [-0.2, 0) is 0 Å². The van der Waals surface area contributed by atoms with Gasteiger partial charge in [0.25, 0.3) is 11.7 Å². The lowest BCUT2D eigenvalue weighted by molar-refractivity contribution is -0.174. The Labute approximate surface area is 171 Å². The molecule has 30 heavy (non-hydrogen) atoms. The number of alkyl halides is 3. The number of nitrogens with zero attached hydrogens (tertiary/aromatic N) is 5. The van der Waals surface area contributed by atoms with Crippen LogP contribution >= 0.6 is 0 Å². The third-order valence-corrected chi connectivity index (χ3v) is 6.69. The van der Waals surface area contributed by atoms with Crippen molar-refractivity contribution < 1.29 is 18.0 Å². The summed E-state index contributed by atoms with van der Waals surface area (Å²) in [5.74, 6) is -1.24. The summed E-state index contributed by atoms with van der Waals surface area (Å²) in [4.78, 5) is 23.0. The summed E-state index contributed by atoms with van der Waals surface area (Å²) in [6.45, 7) is 2.98. The van der Waals surface area contributed by atoms with Crippen molar-refractivity contribution in [2.75, 3.05) is 13.1 Å². The highest BCUT2D eigenvalue weighted by atomic mass is 19.4. The molecular formula is C21H22F3N5O. The SMILES string of the molecule is Cc1cnc2nc(C(=O)N3C[C@H]4C[C@@H](C5C=CC=CC5C(F)(F)F)C[C@H]4C3)nn2c1. The van der Waals surface area contributed by atoms with E-state index in [0.29, 0.717) is 31.7 Å². The largest absolute Gasteiger partial charge is 0.395 e. The van der Waals surface area contributed by atoms with Crippen LogP contribution in [0.15, 0.2) is 36.7 Å². The maximum Gasteiger partial charge on any atom is 0.395 e. The second-order valence-electron chi connectivity index (χ2n) is 8.69. The van der Waals surface area contributed by atoms with Gasteiger partial charge in [-0.2, -0.15) is 18.2 Å². The van der Waals surface area contributed by atoms with Crippen molar-refractivity contribution in [3.05, 3.63) is 48.1 Å². The fourth-order valence-corrected chi connectivity index (χ4v) is 5.34. The Hall–Kier alpha value is -2.71. The third-order valence-electron chi connectivity index (χ3n) is 6.69. The molecule has 1 saturated carbocycles. The molecule has 2 fully saturated rings. The zero-order chi connectivity index (χ0) is 21.0. The minimum Gasteiger partial charge on any atom is -0.335 e. The number of hydrogen-bond acceptors (Lipinski definition) is 4. The summed E-state index contributed by atoms with van der Waals surface area (Å²) in [5, 5.41) is 4.25. The Morgan fingerprint density at radius 2 is 1.80 bits per heavy atom. The number of carbonyl (C=O) groups excluding carboxylic acids is 1. The summed E-state index contributed by atoms with van der Waals surface area (Å²) in [6.07, 6.45) is 6.83. The monoisotopic (exact) mass is 417 g/mol. The van der Waals surface area contributed by atoms with Crippen molar-refractivity contribution in [1.82, 2.24) is 24.5 Å². The van der Waals surface area contributed by atoms with Gasteiger partial charge in [0.05, 0.1) is 5.92 Å². The number of amides is 1. The average Bonchev–Trinajstić information content (AvgIpc) is 3.39. The van der Waals surface area contributed by atoms with E-state index in [1.54, 1.807) is 29.4 Å². The molecule has 6 nitrogen and oxygen atoms in total. The van der Waals surface area contributed by atoms with Crippen molar-refractivity contribution in [1.29, 1.82) is 0 Å². The van der Waals surface area contributed by atoms with Crippen LogP contribution in [0.2, 0.25) is 0 Å². The number of halogens is 3. The molecule has 2 aromatic rings. The highest BCUT2D eigenvalue weighted by Crippen LogP contribution is 2.50. The molecule has 5 rings (SSSR count). The first kappa shape index (κ1) is 19.3. The van der Waals surface area contributed by atoms with E-state index in [1.165, 1.54) is 16.7 Å². The van der Waals surface area contributed by atoms with Crippen molar-refractivity contribution >= 4 is 11.7 Å². The topological polar surface area (TPSA) is 63.4 Å². The van der Waals surface area contributed by atoms with Crippen LogP contribution in [0.1, 0.15) is 29.0 Å². The maximum atomic E-state index is 13.4. The fraction of sp³-hybridized carbons (Fsp3) is 0.524. The molecule has 1 saturated heterocycles. The van der Waals surface area contributed by atoms with E-state index in [4.69, 9.17) is 0 Å². The van der Waals surface area contributed by atoms with Gasteiger partial charge in [0.1, 0.15) is 0 Å².